The highest BCUT2D eigenvalue weighted by molar-refractivity contribution is 5.73. The Labute approximate surface area is 101 Å². The number of nitriles is 1. The number of hydrogen-bond donors (Lipinski definition) is 0. The molecule has 0 spiro atoms. The van der Waals surface area contributed by atoms with E-state index in [1.165, 1.54) is 0 Å². The number of carbonyl (C=O) groups is 1. The van der Waals surface area contributed by atoms with E-state index >= 15 is 0 Å². The number of hydrogen-bond acceptors (Lipinski definition) is 3. The summed E-state index contributed by atoms with van der Waals surface area (Å²) in [5, 5.41) is 9.10. The monoisotopic (exact) mass is 229 g/mol. The number of rotatable bonds is 3. The van der Waals surface area contributed by atoms with Crippen LogP contribution >= 0.6 is 0 Å². The molecule has 0 heterocycles. The summed E-state index contributed by atoms with van der Waals surface area (Å²) in [7, 11) is 0. The van der Waals surface area contributed by atoms with E-state index in [0.29, 0.717) is 12.8 Å². The standard InChI is InChI=1S/C14H15NO2/c15-11-14(8-4-5-9-14)17-13(16)10-12-6-2-1-3-7-12/h1-3,6-7H,4-5,8-10H2. The summed E-state index contributed by atoms with van der Waals surface area (Å²) in [4.78, 5) is 11.8. The fraction of sp³-hybridized carbons (Fsp3) is 0.429. The molecule has 0 saturated heterocycles. The first kappa shape index (κ1) is 11.7. The number of esters is 1. The summed E-state index contributed by atoms with van der Waals surface area (Å²) in [6.07, 6.45) is 3.51. The van der Waals surface area contributed by atoms with Gasteiger partial charge in [0, 0.05) is 12.8 Å². The van der Waals surface area contributed by atoms with Crippen LogP contribution in [0.2, 0.25) is 0 Å². The van der Waals surface area contributed by atoms with Crippen LogP contribution in [0.3, 0.4) is 0 Å². The van der Waals surface area contributed by atoms with E-state index in [0.717, 1.165) is 18.4 Å². The second kappa shape index (κ2) is 5.01. The van der Waals surface area contributed by atoms with Gasteiger partial charge in [-0.1, -0.05) is 30.3 Å². The van der Waals surface area contributed by atoms with E-state index in [-0.39, 0.29) is 12.4 Å². The van der Waals surface area contributed by atoms with Gasteiger partial charge in [-0.05, 0) is 18.4 Å². The third-order valence-corrected chi connectivity index (χ3v) is 3.12. The average Bonchev–Trinajstić information content (AvgIpc) is 2.79. The van der Waals surface area contributed by atoms with Crippen molar-refractivity contribution < 1.29 is 9.53 Å². The van der Waals surface area contributed by atoms with Gasteiger partial charge in [-0.3, -0.25) is 4.79 Å². The van der Waals surface area contributed by atoms with E-state index in [4.69, 9.17) is 10.00 Å². The van der Waals surface area contributed by atoms with Crippen molar-refractivity contribution in [2.75, 3.05) is 0 Å². The molecule has 3 nitrogen and oxygen atoms in total. The van der Waals surface area contributed by atoms with E-state index < -0.39 is 5.60 Å². The van der Waals surface area contributed by atoms with Crippen molar-refractivity contribution in [3.8, 4) is 6.07 Å². The molecule has 1 fully saturated rings. The molecule has 0 bridgehead atoms. The van der Waals surface area contributed by atoms with Crippen molar-refractivity contribution in [2.24, 2.45) is 0 Å². The normalized spacial score (nSPS) is 17.4. The Morgan fingerprint density at radius 2 is 1.94 bits per heavy atom. The average molecular weight is 229 g/mol. The first-order valence-corrected chi connectivity index (χ1v) is 5.91. The smallest absolute Gasteiger partial charge is 0.311 e. The SMILES string of the molecule is N#CC1(OC(=O)Cc2ccccc2)CCCC1. The van der Waals surface area contributed by atoms with Gasteiger partial charge in [-0.2, -0.15) is 5.26 Å². The van der Waals surface area contributed by atoms with Crippen LogP contribution in [0.1, 0.15) is 31.2 Å². The molecule has 0 atom stereocenters. The van der Waals surface area contributed by atoms with Crippen LogP contribution in [0.4, 0.5) is 0 Å². The fourth-order valence-corrected chi connectivity index (χ4v) is 2.20. The maximum absolute atomic E-state index is 11.8. The first-order chi connectivity index (χ1) is 8.24. The third kappa shape index (κ3) is 2.85. The van der Waals surface area contributed by atoms with Crippen molar-refractivity contribution >= 4 is 5.97 Å². The minimum Gasteiger partial charge on any atom is -0.443 e. The molecule has 3 heteroatoms. The van der Waals surface area contributed by atoms with Crippen LogP contribution in [-0.4, -0.2) is 11.6 Å². The molecule has 17 heavy (non-hydrogen) atoms. The van der Waals surface area contributed by atoms with Crippen molar-refractivity contribution in [2.45, 2.75) is 37.7 Å². The zero-order chi connectivity index (χ0) is 12.1. The molecule has 0 aliphatic heterocycles. The maximum atomic E-state index is 11.8. The van der Waals surface area contributed by atoms with E-state index in [9.17, 15) is 4.79 Å². The summed E-state index contributed by atoms with van der Waals surface area (Å²) in [5.74, 6) is -0.306. The Bertz CT molecular complexity index is 427. The van der Waals surface area contributed by atoms with Gasteiger partial charge in [0.2, 0.25) is 0 Å². The molecule has 1 aromatic rings. The van der Waals surface area contributed by atoms with Crippen molar-refractivity contribution in [1.82, 2.24) is 0 Å². The van der Waals surface area contributed by atoms with Crippen LogP contribution in [-0.2, 0) is 16.0 Å². The number of ether oxygens (including phenoxy) is 1. The largest absolute Gasteiger partial charge is 0.443 e. The summed E-state index contributed by atoms with van der Waals surface area (Å²) in [6, 6.07) is 11.6. The lowest BCUT2D eigenvalue weighted by atomic mass is 10.0. The summed E-state index contributed by atoms with van der Waals surface area (Å²) >= 11 is 0. The number of nitrogens with zero attached hydrogens (tertiary/aromatic N) is 1. The molecule has 0 amide bonds. The molecule has 0 N–H and O–H groups in total. The second-order valence-electron chi connectivity index (χ2n) is 4.45. The predicted octanol–water partition coefficient (Wildman–Crippen LogP) is 2.61. The Hall–Kier alpha value is -1.82. The van der Waals surface area contributed by atoms with Crippen LogP contribution in [0.15, 0.2) is 30.3 Å². The summed E-state index contributed by atoms with van der Waals surface area (Å²) in [6.45, 7) is 0. The lowest BCUT2D eigenvalue weighted by Crippen LogP contribution is -2.30. The highest BCUT2D eigenvalue weighted by atomic mass is 16.6. The molecule has 1 aromatic carbocycles. The van der Waals surface area contributed by atoms with Crippen LogP contribution in [0.5, 0.6) is 0 Å². The molecule has 1 aliphatic rings. The lowest BCUT2D eigenvalue weighted by Gasteiger charge is -2.20. The predicted molar refractivity (Wildman–Crippen MR) is 63.1 cm³/mol. The molecule has 0 radical (unpaired) electrons. The van der Waals surface area contributed by atoms with Crippen LogP contribution in [0.25, 0.3) is 0 Å². The molecular weight excluding hydrogens is 214 g/mol. The zero-order valence-electron chi connectivity index (χ0n) is 9.69. The van der Waals surface area contributed by atoms with Crippen molar-refractivity contribution in [3.63, 3.8) is 0 Å². The third-order valence-electron chi connectivity index (χ3n) is 3.12. The Morgan fingerprint density at radius 3 is 2.53 bits per heavy atom. The van der Waals surface area contributed by atoms with Crippen molar-refractivity contribution in [3.05, 3.63) is 35.9 Å². The minimum absolute atomic E-state index is 0.240. The van der Waals surface area contributed by atoms with Gasteiger partial charge in [-0.15, -0.1) is 0 Å². The van der Waals surface area contributed by atoms with Gasteiger partial charge >= 0.3 is 5.97 Å². The summed E-state index contributed by atoms with van der Waals surface area (Å²) in [5.41, 5.74) is 0.0647. The lowest BCUT2D eigenvalue weighted by molar-refractivity contribution is -0.153. The van der Waals surface area contributed by atoms with Crippen LogP contribution in [0, 0.1) is 11.3 Å². The Kier molecular flexibility index (Phi) is 3.43. The summed E-state index contributed by atoms with van der Waals surface area (Å²) < 4.78 is 5.35. The van der Waals surface area contributed by atoms with Gasteiger partial charge < -0.3 is 4.74 Å². The highest BCUT2D eigenvalue weighted by Crippen LogP contribution is 2.32. The molecule has 1 aliphatic carbocycles. The molecule has 2 rings (SSSR count). The quantitative estimate of drug-likeness (QED) is 0.748. The molecular formula is C14H15NO2. The topological polar surface area (TPSA) is 50.1 Å². The van der Waals surface area contributed by atoms with Gasteiger partial charge in [0.1, 0.15) is 6.07 Å². The fourth-order valence-electron chi connectivity index (χ4n) is 2.20. The van der Waals surface area contributed by atoms with Crippen molar-refractivity contribution in [1.29, 1.82) is 5.26 Å². The highest BCUT2D eigenvalue weighted by Gasteiger charge is 2.37. The van der Waals surface area contributed by atoms with Gasteiger partial charge in [0.15, 0.2) is 5.60 Å². The first-order valence-electron chi connectivity index (χ1n) is 5.91. The second-order valence-corrected chi connectivity index (χ2v) is 4.45. The van der Waals surface area contributed by atoms with E-state index in [1.807, 2.05) is 30.3 Å². The van der Waals surface area contributed by atoms with Crippen LogP contribution < -0.4 is 0 Å². The molecule has 1 saturated carbocycles. The van der Waals surface area contributed by atoms with Gasteiger partial charge in [-0.25, -0.2) is 0 Å². The number of benzene rings is 1. The maximum Gasteiger partial charge on any atom is 0.311 e. The zero-order valence-corrected chi connectivity index (χ0v) is 9.69. The molecule has 88 valence electrons. The number of carbonyl (C=O) groups excluding carboxylic acids is 1. The van der Waals surface area contributed by atoms with E-state index in [2.05, 4.69) is 6.07 Å². The van der Waals surface area contributed by atoms with Gasteiger partial charge in [0.25, 0.3) is 0 Å². The Morgan fingerprint density at radius 1 is 1.29 bits per heavy atom. The van der Waals surface area contributed by atoms with Gasteiger partial charge in [0.05, 0.1) is 6.42 Å². The van der Waals surface area contributed by atoms with E-state index in [1.54, 1.807) is 0 Å². The molecule has 0 unspecified atom stereocenters. The Balaban J connectivity index is 1.96. The molecule has 0 aromatic heterocycles. The minimum atomic E-state index is -0.855.